The van der Waals surface area contributed by atoms with Gasteiger partial charge in [0, 0.05) is 0 Å². The summed E-state index contributed by atoms with van der Waals surface area (Å²) in [7, 11) is 0. The number of unbranched alkanes of at least 4 members (excludes halogenated alkanes) is 1. The monoisotopic (exact) mass is 347 g/mol. The Morgan fingerprint density at radius 1 is 1.41 bits per heavy atom. The van der Waals surface area contributed by atoms with Crippen molar-refractivity contribution in [2.75, 3.05) is 0 Å². The third-order valence-electron chi connectivity index (χ3n) is 2.30. The number of alkyl halides is 1. The first-order valence-corrected chi connectivity index (χ1v) is 7.08. The number of nitrogens with one attached hydrogen (secondary N) is 1. The van der Waals surface area contributed by atoms with Crippen molar-refractivity contribution in [3.63, 3.8) is 0 Å². The Labute approximate surface area is 116 Å². The van der Waals surface area contributed by atoms with Crippen molar-refractivity contribution in [1.82, 2.24) is 5.32 Å². The van der Waals surface area contributed by atoms with Crippen molar-refractivity contribution in [2.45, 2.75) is 36.8 Å². The average Bonchev–Trinajstić information content (AvgIpc) is 2.35. The predicted molar refractivity (Wildman–Crippen MR) is 77.1 cm³/mol. The van der Waals surface area contributed by atoms with Gasteiger partial charge in [0.25, 0.3) is 0 Å². The van der Waals surface area contributed by atoms with E-state index in [1.165, 1.54) is 0 Å². The molecule has 0 heterocycles. The molecule has 0 bridgehead atoms. The summed E-state index contributed by atoms with van der Waals surface area (Å²) in [4.78, 5) is 11.5. The van der Waals surface area contributed by atoms with Crippen LogP contribution in [-0.4, -0.2) is 10.1 Å². The summed E-state index contributed by atoms with van der Waals surface area (Å²) in [5, 5.41) is 2.81. The fourth-order valence-corrected chi connectivity index (χ4v) is 2.04. The molecule has 1 aromatic rings. The smallest absolute Gasteiger partial charge is 0.408 e. The van der Waals surface area contributed by atoms with E-state index in [9.17, 15) is 4.79 Å². The van der Waals surface area contributed by atoms with Gasteiger partial charge in [-0.1, -0.05) is 72.7 Å². The molecule has 0 fully saturated rings. The number of benzene rings is 1. The predicted octanol–water partition coefficient (Wildman–Crippen LogP) is 3.86. The van der Waals surface area contributed by atoms with Crippen molar-refractivity contribution in [1.29, 1.82) is 0 Å². The Balaban J connectivity index is 2.21. The van der Waals surface area contributed by atoms with Crippen LogP contribution in [0, 0.1) is 0 Å². The molecular formula is C13H18INO2. The van der Waals surface area contributed by atoms with Crippen LogP contribution < -0.4 is 5.32 Å². The lowest BCUT2D eigenvalue weighted by Crippen LogP contribution is -2.30. The number of amides is 1. The lowest BCUT2D eigenvalue weighted by molar-refractivity contribution is 0.139. The van der Waals surface area contributed by atoms with Gasteiger partial charge < -0.3 is 10.1 Å². The number of carbonyl (C=O) groups excluding carboxylic acids is 1. The maximum Gasteiger partial charge on any atom is 0.408 e. The van der Waals surface area contributed by atoms with E-state index in [1.54, 1.807) is 0 Å². The lowest BCUT2D eigenvalue weighted by Gasteiger charge is -2.12. The third kappa shape index (κ3) is 6.51. The van der Waals surface area contributed by atoms with E-state index in [0.717, 1.165) is 24.8 Å². The zero-order chi connectivity index (χ0) is 12.5. The molecule has 1 N–H and O–H groups in total. The number of ether oxygens (including phenoxy) is 1. The van der Waals surface area contributed by atoms with E-state index < -0.39 is 0 Å². The zero-order valence-electron chi connectivity index (χ0n) is 9.99. The van der Waals surface area contributed by atoms with Crippen LogP contribution >= 0.6 is 22.6 Å². The topological polar surface area (TPSA) is 38.3 Å². The average molecular weight is 347 g/mol. The van der Waals surface area contributed by atoms with E-state index in [2.05, 4.69) is 34.8 Å². The van der Waals surface area contributed by atoms with Crippen LogP contribution in [0.5, 0.6) is 0 Å². The van der Waals surface area contributed by atoms with E-state index >= 15 is 0 Å². The molecule has 0 aliphatic carbocycles. The molecular weight excluding hydrogens is 329 g/mol. The van der Waals surface area contributed by atoms with Gasteiger partial charge >= 0.3 is 6.09 Å². The number of hydrogen-bond donors (Lipinski definition) is 1. The van der Waals surface area contributed by atoms with Crippen molar-refractivity contribution in [3.8, 4) is 0 Å². The molecule has 1 atom stereocenters. The summed E-state index contributed by atoms with van der Waals surface area (Å²) in [5.74, 6) is 0. The second-order valence-corrected chi connectivity index (χ2v) is 5.32. The zero-order valence-corrected chi connectivity index (χ0v) is 12.1. The Morgan fingerprint density at radius 3 is 2.76 bits per heavy atom. The second-order valence-electron chi connectivity index (χ2n) is 3.82. The van der Waals surface area contributed by atoms with Crippen LogP contribution in [-0.2, 0) is 11.3 Å². The van der Waals surface area contributed by atoms with Crippen LogP contribution in [0.15, 0.2) is 30.3 Å². The maximum absolute atomic E-state index is 11.5. The number of carbonyl (C=O) groups is 1. The number of rotatable bonds is 6. The molecule has 1 rings (SSSR count). The fraction of sp³-hybridized carbons (Fsp3) is 0.462. The summed E-state index contributed by atoms with van der Waals surface area (Å²) in [6.45, 7) is 2.46. The second kappa shape index (κ2) is 8.33. The van der Waals surface area contributed by atoms with Crippen molar-refractivity contribution < 1.29 is 9.53 Å². The third-order valence-corrected chi connectivity index (χ3v) is 3.23. The molecule has 0 aliphatic rings. The Hall–Kier alpha value is -0.780. The Morgan fingerprint density at radius 2 is 2.12 bits per heavy atom. The van der Waals surface area contributed by atoms with Crippen molar-refractivity contribution >= 4 is 28.7 Å². The normalized spacial score (nSPS) is 11.9. The van der Waals surface area contributed by atoms with Gasteiger partial charge in [0.05, 0.1) is 4.05 Å². The summed E-state index contributed by atoms with van der Waals surface area (Å²) in [6.07, 6.45) is 2.90. The van der Waals surface area contributed by atoms with Gasteiger partial charge in [-0.2, -0.15) is 0 Å². The molecule has 1 aromatic carbocycles. The summed E-state index contributed by atoms with van der Waals surface area (Å²) in [5.41, 5.74) is 1.00. The van der Waals surface area contributed by atoms with Crippen LogP contribution in [0.4, 0.5) is 4.79 Å². The minimum absolute atomic E-state index is 0.149. The highest BCUT2D eigenvalue weighted by molar-refractivity contribution is 14.1. The number of alkyl carbamates (subject to hydrolysis) is 1. The van der Waals surface area contributed by atoms with E-state index in [0.29, 0.717) is 6.61 Å². The van der Waals surface area contributed by atoms with E-state index in [1.807, 2.05) is 30.3 Å². The van der Waals surface area contributed by atoms with Crippen LogP contribution in [0.3, 0.4) is 0 Å². The Bertz CT molecular complexity index is 329. The highest BCUT2D eigenvalue weighted by Gasteiger charge is 2.08. The molecule has 94 valence electrons. The number of hydrogen-bond acceptors (Lipinski definition) is 2. The van der Waals surface area contributed by atoms with Crippen LogP contribution in [0.2, 0.25) is 0 Å². The van der Waals surface area contributed by atoms with E-state index in [-0.39, 0.29) is 10.1 Å². The minimum Gasteiger partial charge on any atom is -0.445 e. The SMILES string of the molecule is CCCCC(I)NC(=O)OCc1ccccc1. The van der Waals surface area contributed by atoms with Gasteiger partial charge in [-0.3, -0.25) is 0 Å². The van der Waals surface area contributed by atoms with Crippen LogP contribution in [0.25, 0.3) is 0 Å². The lowest BCUT2D eigenvalue weighted by atomic mass is 10.2. The molecule has 1 amide bonds. The van der Waals surface area contributed by atoms with Crippen molar-refractivity contribution in [2.24, 2.45) is 0 Å². The molecule has 0 spiro atoms. The maximum atomic E-state index is 11.5. The first kappa shape index (κ1) is 14.3. The van der Waals surface area contributed by atoms with Gasteiger partial charge in [-0.25, -0.2) is 4.79 Å². The van der Waals surface area contributed by atoms with Crippen LogP contribution in [0.1, 0.15) is 31.7 Å². The Kier molecular flexibility index (Phi) is 7.00. The standard InChI is InChI=1S/C13H18INO2/c1-2-3-9-12(14)15-13(16)17-10-11-7-5-4-6-8-11/h4-8,12H,2-3,9-10H2,1H3,(H,15,16). The summed E-state index contributed by atoms with van der Waals surface area (Å²) in [6, 6.07) is 9.67. The first-order chi connectivity index (χ1) is 8.22. The fourth-order valence-electron chi connectivity index (χ4n) is 1.35. The highest BCUT2D eigenvalue weighted by atomic mass is 127. The molecule has 0 aliphatic heterocycles. The highest BCUT2D eigenvalue weighted by Crippen LogP contribution is 2.08. The van der Waals surface area contributed by atoms with Gasteiger partial charge in [0.15, 0.2) is 0 Å². The van der Waals surface area contributed by atoms with Gasteiger partial charge in [-0.15, -0.1) is 0 Å². The van der Waals surface area contributed by atoms with Gasteiger partial charge in [0.1, 0.15) is 6.61 Å². The quantitative estimate of drug-likeness (QED) is 0.482. The molecule has 3 nitrogen and oxygen atoms in total. The van der Waals surface area contributed by atoms with Crippen molar-refractivity contribution in [3.05, 3.63) is 35.9 Å². The van der Waals surface area contributed by atoms with Gasteiger partial charge in [-0.05, 0) is 12.0 Å². The summed E-state index contributed by atoms with van der Waals surface area (Å²) < 4.78 is 5.27. The molecule has 0 aromatic heterocycles. The van der Waals surface area contributed by atoms with Gasteiger partial charge in [0.2, 0.25) is 0 Å². The molecule has 1 unspecified atom stereocenters. The molecule has 0 radical (unpaired) electrons. The summed E-state index contributed by atoms with van der Waals surface area (Å²) >= 11 is 2.22. The molecule has 17 heavy (non-hydrogen) atoms. The largest absolute Gasteiger partial charge is 0.445 e. The number of halogens is 1. The first-order valence-electron chi connectivity index (χ1n) is 5.83. The molecule has 0 saturated carbocycles. The van der Waals surface area contributed by atoms with E-state index in [4.69, 9.17) is 4.74 Å². The minimum atomic E-state index is -0.343. The molecule has 0 saturated heterocycles. The molecule has 4 heteroatoms.